The van der Waals surface area contributed by atoms with Crippen molar-refractivity contribution in [1.29, 1.82) is 0 Å². The van der Waals surface area contributed by atoms with E-state index in [-0.39, 0.29) is 0 Å². The lowest BCUT2D eigenvalue weighted by molar-refractivity contribution is 1.07. The Morgan fingerprint density at radius 3 is 1.51 bits per heavy atom. The molecule has 0 radical (unpaired) electrons. The molecule has 0 amide bonds. The number of rotatable bonds is 4. The maximum Gasteiger partial charge on any atom is 0.164 e. The summed E-state index contributed by atoms with van der Waals surface area (Å²) in [6.45, 7) is 2.04. The molecule has 0 unspecified atom stereocenters. The molecule has 6 aromatic rings. The Hall–Kier alpha value is -4.70. The Morgan fingerprint density at radius 1 is 0.457 bits per heavy atom. The van der Waals surface area contributed by atoms with Crippen LogP contribution < -0.4 is 0 Å². The van der Waals surface area contributed by atoms with Crippen LogP contribution in [0.2, 0.25) is 0 Å². The molecule has 0 saturated heterocycles. The Balaban J connectivity index is 1.41. The molecule has 2 aromatic heterocycles. The first-order valence-corrected chi connectivity index (χ1v) is 11.6. The minimum Gasteiger partial charge on any atom is -0.261 e. The van der Waals surface area contributed by atoms with Crippen LogP contribution >= 0.6 is 0 Å². The van der Waals surface area contributed by atoms with Gasteiger partial charge in [0.05, 0.1) is 0 Å². The highest BCUT2D eigenvalue weighted by molar-refractivity contribution is 5.88. The molecule has 0 atom stereocenters. The number of aromatic nitrogens is 4. The summed E-state index contributed by atoms with van der Waals surface area (Å²) in [5, 5.41) is 2.37. The number of nitrogens with zero attached hydrogens (tertiary/aromatic N) is 4. The van der Waals surface area contributed by atoms with Crippen molar-refractivity contribution in [2.24, 2.45) is 0 Å². The van der Waals surface area contributed by atoms with E-state index in [2.05, 4.69) is 53.5 Å². The van der Waals surface area contributed by atoms with Crippen LogP contribution in [0.15, 0.2) is 115 Å². The standard InChI is InChI=1S/C31H22N4/c1-21-28-17-16-26(20-27(28)18-19-32-21)22-12-14-25(15-13-22)31-34-29(23-8-4-2-5-9-23)33-30(35-31)24-10-6-3-7-11-24/h2-20H,1H3. The highest BCUT2D eigenvalue weighted by atomic mass is 15.0. The van der Waals surface area contributed by atoms with Gasteiger partial charge in [0.15, 0.2) is 17.5 Å². The van der Waals surface area contributed by atoms with E-state index in [1.165, 1.54) is 16.3 Å². The molecule has 35 heavy (non-hydrogen) atoms. The van der Waals surface area contributed by atoms with E-state index in [1.54, 1.807) is 0 Å². The average Bonchev–Trinajstić information content (AvgIpc) is 2.94. The number of hydrogen-bond donors (Lipinski definition) is 0. The monoisotopic (exact) mass is 450 g/mol. The van der Waals surface area contributed by atoms with Gasteiger partial charge in [0.1, 0.15) is 0 Å². The molecule has 4 nitrogen and oxygen atoms in total. The molecular weight excluding hydrogens is 428 g/mol. The van der Waals surface area contributed by atoms with Crippen molar-refractivity contribution < 1.29 is 0 Å². The Kier molecular flexibility index (Phi) is 5.32. The Morgan fingerprint density at radius 2 is 0.943 bits per heavy atom. The van der Waals surface area contributed by atoms with Crippen molar-refractivity contribution in [3.8, 4) is 45.3 Å². The van der Waals surface area contributed by atoms with Gasteiger partial charge >= 0.3 is 0 Å². The van der Waals surface area contributed by atoms with Crippen LogP contribution in [-0.4, -0.2) is 19.9 Å². The van der Waals surface area contributed by atoms with Crippen LogP contribution in [0.5, 0.6) is 0 Å². The van der Waals surface area contributed by atoms with Crippen LogP contribution in [0.25, 0.3) is 56.1 Å². The van der Waals surface area contributed by atoms with Gasteiger partial charge < -0.3 is 0 Å². The summed E-state index contributed by atoms with van der Waals surface area (Å²) in [5.74, 6) is 1.98. The molecule has 0 saturated carbocycles. The average molecular weight is 451 g/mol. The summed E-state index contributed by atoms with van der Waals surface area (Å²) in [6, 6.07) is 37.0. The molecule has 0 spiro atoms. The smallest absolute Gasteiger partial charge is 0.164 e. The van der Waals surface area contributed by atoms with Gasteiger partial charge in [-0.05, 0) is 35.6 Å². The van der Waals surface area contributed by atoms with Crippen LogP contribution in [0.1, 0.15) is 5.69 Å². The van der Waals surface area contributed by atoms with E-state index in [4.69, 9.17) is 15.0 Å². The summed E-state index contributed by atoms with van der Waals surface area (Å²) < 4.78 is 0. The van der Waals surface area contributed by atoms with Gasteiger partial charge in [-0.15, -0.1) is 0 Å². The predicted octanol–water partition coefficient (Wildman–Crippen LogP) is 7.40. The molecule has 166 valence electrons. The third-order valence-electron chi connectivity index (χ3n) is 6.14. The fourth-order valence-corrected chi connectivity index (χ4v) is 4.26. The molecule has 4 heteroatoms. The van der Waals surface area contributed by atoms with E-state index in [0.29, 0.717) is 17.5 Å². The molecule has 0 aliphatic heterocycles. The van der Waals surface area contributed by atoms with Crippen molar-refractivity contribution in [3.05, 3.63) is 121 Å². The van der Waals surface area contributed by atoms with Crippen molar-refractivity contribution in [2.75, 3.05) is 0 Å². The van der Waals surface area contributed by atoms with Gasteiger partial charge in [0, 0.05) is 34.0 Å². The summed E-state index contributed by atoms with van der Waals surface area (Å²) >= 11 is 0. The van der Waals surface area contributed by atoms with Crippen LogP contribution in [0.3, 0.4) is 0 Å². The zero-order chi connectivity index (χ0) is 23.6. The largest absolute Gasteiger partial charge is 0.261 e. The quantitative estimate of drug-likeness (QED) is 0.281. The lowest BCUT2D eigenvalue weighted by Gasteiger charge is -2.09. The van der Waals surface area contributed by atoms with E-state index in [9.17, 15) is 0 Å². The molecular formula is C31H22N4. The van der Waals surface area contributed by atoms with E-state index in [1.807, 2.05) is 73.8 Å². The van der Waals surface area contributed by atoms with Crippen molar-refractivity contribution in [1.82, 2.24) is 19.9 Å². The van der Waals surface area contributed by atoms with Gasteiger partial charge in [-0.1, -0.05) is 97.1 Å². The lowest BCUT2D eigenvalue weighted by atomic mass is 10.00. The summed E-state index contributed by atoms with van der Waals surface area (Å²) in [6.07, 6.45) is 1.86. The molecule has 0 aliphatic carbocycles. The Labute approximate surface area is 204 Å². The first-order chi connectivity index (χ1) is 17.2. The van der Waals surface area contributed by atoms with E-state index in [0.717, 1.165) is 27.9 Å². The molecule has 0 aliphatic rings. The van der Waals surface area contributed by atoms with Gasteiger partial charge in [-0.3, -0.25) is 4.98 Å². The van der Waals surface area contributed by atoms with Crippen LogP contribution in [0, 0.1) is 6.92 Å². The summed E-state index contributed by atoms with van der Waals surface area (Å²) in [7, 11) is 0. The minimum absolute atomic E-state index is 0.657. The first kappa shape index (κ1) is 20.9. The van der Waals surface area contributed by atoms with Gasteiger partial charge in [0.2, 0.25) is 0 Å². The maximum absolute atomic E-state index is 4.82. The summed E-state index contributed by atoms with van der Waals surface area (Å²) in [5.41, 5.74) is 6.23. The number of hydrogen-bond acceptors (Lipinski definition) is 4. The number of aryl methyl sites for hydroxylation is 1. The van der Waals surface area contributed by atoms with Crippen molar-refractivity contribution in [2.45, 2.75) is 6.92 Å². The second-order valence-electron chi connectivity index (χ2n) is 8.45. The third-order valence-corrected chi connectivity index (χ3v) is 6.14. The van der Waals surface area contributed by atoms with Crippen LogP contribution in [0.4, 0.5) is 0 Å². The second kappa shape index (κ2) is 8.92. The summed E-state index contributed by atoms with van der Waals surface area (Å²) in [4.78, 5) is 18.8. The van der Waals surface area contributed by atoms with Crippen LogP contribution in [-0.2, 0) is 0 Å². The molecule has 0 fully saturated rings. The normalized spacial score (nSPS) is 11.0. The van der Waals surface area contributed by atoms with Crippen molar-refractivity contribution in [3.63, 3.8) is 0 Å². The van der Waals surface area contributed by atoms with Gasteiger partial charge in [-0.2, -0.15) is 0 Å². The molecule has 4 aromatic carbocycles. The highest BCUT2D eigenvalue weighted by Crippen LogP contribution is 2.29. The fourth-order valence-electron chi connectivity index (χ4n) is 4.26. The SMILES string of the molecule is Cc1nccc2cc(-c3ccc(-c4nc(-c5ccccc5)nc(-c5ccccc5)n4)cc3)ccc12. The zero-order valence-electron chi connectivity index (χ0n) is 19.3. The van der Waals surface area contributed by atoms with Crippen molar-refractivity contribution >= 4 is 10.8 Å². The highest BCUT2D eigenvalue weighted by Gasteiger charge is 2.12. The van der Waals surface area contributed by atoms with Gasteiger partial charge in [-0.25, -0.2) is 15.0 Å². The topological polar surface area (TPSA) is 51.6 Å². The second-order valence-corrected chi connectivity index (χ2v) is 8.45. The van der Waals surface area contributed by atoms with E-state index >= 15 is 0 Å². The predicted molar refractivity (Wildman–Crippen MR) is 142 cm³/mol. The molecule has 6 rings (SSSR count). The Bertz CT molecular complexity index is 1570. The van der Waals surface area contributed by atoms with E-state index < -0.39 is 0 Å². The third kappa shape index (κ3) is 4.18. The zero-order valence-corrected chi connectivity index (χ0v) is 19.3. The lowest BCUT2D eigenvalue weighted by Crippen LogP contribution is -2.00. The maximum atomic E-state index is 4.82. The number of fused-ring (bicyclic) bond motifs is 1. The minimum atomic E-state index is 0.657. The molecule has 2 heterocycles. The van der Waals surface area contributed by atoms with Gasteiger partial charge in [0.25, 0.3) is 0 Å². The first-order valence-electron chi connectivity index (χ1n) is 11.6. The fraction of sp³-hybridized carbons (Fsp3) is 0.0323. The number of pyridine rings is 1. The number of benzene rings is 4. The molecule has 0 bridgehead atoms. The molecule has 0 N–H and O–H groups in total.